The van der Waals surface area contributed by atoms with Gasteiger partial charge in [0.1, 0.15) is 13.5 Å². The van der Waals surface area contributed by atoms with E-state index in [-0.39, 0.29) is 6.73 Å². The Labute approximate surface area is 130 Å². The van der Waals surface area contributed by atoms with E-state index in [4.69, 9.17) is 14.2 Å². The Balaban J connectivity index is 2.47. The number of nitrogens with one attached hydrogen (secondary N) is 3. The Kier molecular flexibility index (Phi) is 9.59. The third-order valence-electron chi connectivity index (χ3n) is 2.32. The van der Waals surface area contributed by atoms with Crippen LogP contribution in [0.3, 0.4) is 0 Å². The molecule has 0 atom stereocenters. The van der Waals surface area contributed by atoms with Gasteiger partial charge in [0, 0.05) is 20.8 Å². The maximum atomic E-state index is 5.39. The van der Waals surface area contributed by atoms with E-state index in [2.05, 4.69) is 30.9 Å². The van der Waals surface area contributed by atoms with Crippen molar-refractivity contribution < 1.29 is 14.2 Å². The minimum Gasteiger partial charge on any atom is -0.381 e. The topological polar surface area (TPSA) is 102 Å². The van der Waals surface area contributed by atoms with Gasteiger partial charge in [0.2, 0.25) is 17.8 Å². The summed E-state index contributed by atoms with van der Waals surface area (Å²) in [5.41, 5.74) is 0. The second kappa shape index (κ2) is 11.7. The molecule has 9 nitrogen and oxygen atoms in total. The van der Waals surface area contributed by atoms with Crippen molar-refractivity contribution >= 4 is 17.8 Å². The first-order valence-corrected chi connectivity index (χ1v) is 6.98. The highest BCUT2D eigenvalue weighted by Gasteiger charge is 2.05. The fraction of sp³-hybridized carbons (Fsp3) is 0.615. The Hall–Kier alpha value is -1.97. The molecule has 1 heterocycles. The maximum absolute atomic E-state index is 5.39. The fourth-order valence-corrected chi connectivity index (χ4v) is 1.38. The minimum absolute atomic E-state index is 0.288. The van der Waals surface area contributed by atoms with Gasteiger partial charge in [-0.05, 0) is 6.92 Å². The zero-order valence-electron chi connectivity index (χ0n) is 13.3. The highest BCUT2D eigenvalue weighted by Crippen LogP contribution is 2.08. The number of nitrogens with zero attached hydrogens (tertiary/aromatic N) is 3. The van der Waals surface area contributed by atoms with E-state index in [1.807, 2.05) is 19.1 Å². The van der Waals surface area contributed by atoms with Gasteiger partial charge in [-0.15, -0.1) is 0 Å². The number of ether oxygens (including phenoxy) is 3. The molecule has 1 aromatic heterocycles. The van der Waals surface area contributed by atoms with Crippen LogP contribution in [0.5, 0.6) is 0 Å². The van der Waals surface area contributed by atoms with E-state index in [0.29, 0.717) is 44.3 Å². The van der Waals surface area contributed by atoms with Crippen molar-refractivity contribution in [1.82, 2.24) is 15.0 Å². The van der Waals surface area contributed by atoms with E-state index >= 15 is 0 Å². The maximum Gasteiger partial charge on any atom is 0.231 e. The first kappa shape index (κ1) is 18.1. The summed E-state index contributed by atoms with van der Waals surface area (Å²) in [4.78, 5) is 12.7. The van der Waals surface area contributed by atoms with Crippen LogP contribution in [-0.4, -0.2) is 62.4 Å². The van der Waals surface area contributed by atoms with Crippen LogP contribution < -0.4 is 16.0 Å². The van der Waals surface area contributed by atoms with Crippen molar-refractivity contribution in [3.63, 3.8) is 0 Å². The molecule has 124 valence electrons. The van der Waals surface area contributed by atoms with Crippen LogP contribution in [0.1, 0.15) is 6.92 Å². The van der Waals surface area contributed by atoms with Crippen molar-refractivity contribution in [3.05, 3.63) is 12.2 Å². The van der Waals surface area contributed by atoms with Crippen molar-refractivity contribution in [1.29, 1.82) is 0 Å². The zero-order chi connectivity index (χ0) is 16.0. The molecule has 0 saturated heterocycles. The van der Waals surface area contributed by atoms with Crippen LogP contribution in [0.25, 0.3) is 0 Å². The summed E-state index contributed by atoms with van der Waals surface area (Å²) in [6.45, 7) is 4.34. The third-order valence-corrected chi connectivity index (χ3v) is 2.32. The van der Waals surface area contributed by atoms with Crippen LogP contribution in [-0.2, 0) is 14.2 Å². The van der Waals surface area contributed by atoms with Gasteiger partial charge in [0.25, 0.3) is 0 Å². The third kappa shape index (κ3) is 7.72. The van der Waals surface area contributed by atoms with Gasteiger partial charge in [-0.2, -0.15) is 15.0 Å². The normalized spacial score (nSPS) is 10.9. The highest BCUT2D eigenvalue weighted by molar-refractivity contribution is 5.41. The number of methoxy groups -OCH3 is 2. The second-order valence-electron chi connectivity index (χ2n) is 4.07. The predicted octanol–water partition coefficient (Wildman–Crippen LogP) is 0.908. The molecule has 9 heteroatoms. The van der Waals surface area contributed by atoms with Crippen molar-refractivity contribution in [2.45, 2.75) is 6.92 Å². The molecule has 0 fully saturated rings. The summed E-state index contributed by atoms with van der Waals surface area (Å²) in [6.07, 6.45) is 3.77. The van der Waals surface area contributed by atoms with E-state index in [9.17, 15) is 0 Å². The fourth-order valence-electron chi connectivity index (χ4n) is 1.38. The number of rotatable bonds is 12. The first-order valence-electron chi connectivity index (χ1n) is 6.98. The molecule has 0 bridgehead atoms. The van der Waals surface area contributed by atoms with Crippen LogP contribution in [0, 0.1) is 0 Å². The minimum atomic E-state index is 0.288. The molecule has 0 aliphatic carbocycles. The standard InChI is InChI=1S/C13H24N6O3/c1-4-14-11-17-12(15-9-21-3)19-13(18-11)16-10-22-8-6-5-7-20-2/h5-6H,4,7-10H2,1-3H3,(H3,14,15,16,17,18,19). The van der Waals surface area contributed by atoms with Gasteiger partial charge < -0.3 is 30.2 Å². The Morgan fingerprint density at radius 1 is 0.818 bits per heavy atom. The summed E-state index contributed by atoms with van der Waals surface area (Å²) in [6, 6.07) is 0. The van der Waals surface area contributed by atoms with Gasteiger partial charge in [0.15, 0.2) is 0 Å². The summed E-state index contributed by atoms with van der Waals surface area (Å²) in [5, 5.41) is 8.95. The number of hydrogen-bond donors (Lipinski definition) is 3. The Morgan fingerprint density at radius 3 is 2.00 bits per heavy atom. The van der Waals surface area contributed by atoms with Crippen LogP contribution >= 0.6 is 0 Å². The van der Waals surface area contributed by atoms with E-state index in [0.717, 1.165) is 0 Å². The molecule has 1 aromatic rings. The molecule has 1 rings (SSSR count). The van der Waals surface area contributed by atoms with Gasteiger partial charge in [-0.3, -0.25) is 0 Å². The molecule has 0 radical (unpaired) electrons. The van der Waals surface area contributed by atoms with Crippen LogP contribution in [0.2, 0.25) is 0 Å². The summed E-state index contributed by atoms with van der Waals surface area (Å²) < 4.78 is 15.2. The van der Waals surface area contributed by atoms with E-state index in [1.54, 1.807) is 14.2 Å². The highest BCUT2D eigenvalue weighted by atomic mass is 16.5. The SMILES string of the molecule is CCNc1nc(NCOC)nc(NCOCC=CCOC)n1. The van der Waals surface area contributed by atoms with Crippen molar-refractivity contribution in [3.8, 4) is 0 Å². The molecule has 22 heavy (non-hydrogen) atoms. The number of hydrogen-bond acceptors (Lipinski definition) is 9. The van der Waals surface area contributed by atoms with Crippen molar-refractivity contribution in [2.75, 3.05) is 63.4 Å². The van der Waals surface area contributed by atoms with Crippen LogP contribution in [0.15, 0.2) is 12.2 Å². The lowest BCUT2D eigenvalue weighted by molar-refractivity contribution is 0.180. The molecular weight excluding hydrogens is 288 g/mol. The molecule has 0 spiro atoms. The lowest BCUT2D eigenvalue weighted by Gasteiger charge is -2.10. The number of aromatic nitrogens is 3. The van der Waals surface area contributed by atoms with E-state index in [1.165, 1.54) is 0 Å². The second-order valence-corrected chi connectivity index (χ2v) is 4.07. The molecular formula is C13H24N6O3. The quantitative estimate of drug-likeness (QED) is 0.295. The summed E-state index contributed by atoms with van der Waals surface area (Å²) >= 11 is 0. The largest absolute Gasteiger partial charge is 0.381 e. The average molecular weight is 312 g/mol. The molecule has 0 aliphatic heterocycles. The summed E-state index contributed by atoms with van der Waals surface area (Å²) in [5.74, 6) is 1.33. The molecule has 0 aromatic carbocycles. The predicted molar refractivity (Wildman–Crippen MR) is 84.9 cm³/mol. The molecule has 0 unspecified atom stereocenters. The molecule has 0 amide bonds. The van der Waals surface area contributed by atoms with Crippen LogP contribution in [0.4, 0.5) is 17.8 Å². The lowest BCUT2D eigenvalue weighted by Crippen LogP contribution is -2.15. The molecule has 0 saturated carbocycles. The zero-order valence-corrected chi connectivity index (χ0v) is 13.3. The smallest absolute Gasteiger partial charge is 0.231 e. The monoisotopic (exact) mass is 312 g/mol. The summed E-state index contributed by atoms with van der Waals surface area (Å²) in [7, 11) is 3.23. The lowest BCUT2D eigenvalue weighted by atomic mass is 10.5. The van der Waals surface area contributed by atoms with E-state index < -0.39 is 0 Å². The average Bonchev–Trinajstić information content (AvgIpc) is 2.52. The van der Waals surface area contributed by atoms with Gasteiger partial charge in [-0.1, -0.05) is 12.2 Å². The number of anilines is 3. The van der Waals surface area contributed by atoms with Crippen molar-refractivity contribution in [2.24, 2.45) is 0 Å². The molecule has 3 N–H and O–H groups in total. The Morgan fingerprint density at radius 2 is 1.41 bits per heavy atom. The Bertz CT molecular complexity index is 444. The molecule has 0 aliphatic rings. The van der Waals surface area contributed by atoms with Gasteiger partial charge in [0.05, 0.1) is 13.2 Å². The van der Waals surface area contributed by atoms with Gasteiger partial charge in [-0.25, -0.2) is 0 Å². The van der Waals surface area contributed by atoms with Gasteiger partial charge >= 0.3 is 0 Å². The first-order chi connectivity index (χ1) is 10.8.